The molecule has 0 spiro atoms. The molecule has 0 saturated carbocycles. The molecule has 1 aromatic carbocycles. The van der Waals surface area contributed by atoms with Crippen LogP contribution < -0.4 is 4.31 Å². The molecule has 0 unspecified atom stereocenters. The number of sulfonamides is 1. The molecular formula is C14H16ClNO2S2. The molecule has 0 atom stereocenters. The van der Waals surface area contributed by atoms with E-state index in [1.807, 2.05) is 24.3 Å². The van der Waals surface area contributed by atoms with Crippen LogP contribution in [0.1, 0.15) is 17.4 Å². The fraction of sp³-hybridized carbons (Fsp3) is 0.286. The third kappa shape index (κ3) is 3.00. The van der Waals surface area contributed by atoms with Gasteiger partial charge in [0.25, 0.3) is 10.0 Å². The zero-order valence-electron chi connectivity index (χ0n) is 11.3. The molecule has 108 valence electrons. The molecule has 0 aliphatic rings. The van der Waals surface area contributed by atoms with Crippen molar-refractivity contribution in [2.24, 2.45) is 0 Å². The maximum atomic E-state index is 12.5. The van der Waals surface area contributed by atoms with E-state index in [9.17, 15) is 8.42 Å². The average Bonchev–Trinajstić information content (AvgIpc) is 2.96. The first-order chi connectivity index (χ1) is 9.48. The summed E-state index contributed by atoms with van der Waals surface area (Å²) in [6.45, 7) is 2.06. The summed E-state index contributed by atoms with van der Waals surface area (Å²) in [4.78, 5) is 0.847. The highest BCUT2D eigenvalue weighted by Gasteiger charge is 2.23. The third-order valence-electron chi connectivity index (χ3n) is 3.09. The van der Waals surface area contributed by atoms with E-state index in [1.54, 1.807) is 19.2 Å². The minimum atomic E-state index is -3.51. The van der Waals surface area contributed by atoms with E-state index < -0.39 is 10.0 Å². The van der Waals surface area contributed by atoms with E-state index in [1.165, 1.54) is 21.2 Å². The molecular weight excluding hydrogens is 314 g/mol. The number of thiophene rings is 1. The largest absolute Gasteiger partial charge is 0.273 e. The van der Waals surface area contributed by atoms with E-state index in [2.05, 4.69) is 6.92 Å². The van der Waals surface area contributed by atoms with Crippen LogP contribution in [0.5, 0.6) is 0 Å². The molecule has 2 aromatic rings. The summed E-state index contributed by atoms with van der Waals surface area (Å²) in [7, 11) is -1.94. The first kappa shape index (κ1) is 15.4. The fourth-order valence-electron chi connectivity index (χ4n) is 1.78. The lowest BCUT2D eigenvalue weighted by Gasteiger charge is -2.18. The standard InChI is InChI=1S/C14H16ClNO2S2/c1-3-11-4-6-12(7-5-11)16(2)20(17,18)14-9-8-13(10-15)19-14/h4-9H,3,10H2,1-2H3. The normalized spacial score (nSPS) is 11.6. The van der Waals surface area contributed by atoms with Crippen molar-refractivity contribution >= 4 is 38.6 Å². The van der Waals surface area contributed by atoms with Crippen molar-refractivity contribution in [1.29, 1.82) is 0 Å². The van der Waals surface area contributed by atoms with Gasteiger partial charge in [-0.15, -0.1) is 22.9 Å². The molecule has 1 aromatic heterocycles. The van der Waals surface area contributed by atoms with Gasteiger partial charge in [0.2, 0.25) is 0 Å². The van der Waals surface area contributed by atoms with Crippen molar-refractivity contribution in [3.63, 3.8) is 0 Å². The number of hydrogen-bond donors (Lipinski definition) is 0. The predicted octanol–water partition coefficient (Wildman–Crippen LogP) is 3.87. The molecule has 0 fully saturated rings. The van der Waals surface area contributed by atoms with Crippen LogP contribution in [0.2, 0.25) is 0 Å². The first-order valence-corrected chi connectivity index (χ1v) is 9.00. The van der Waals surface area contributed by atoms with Gasteiger partial charge >= 0.3 is 0 Å². The van der Waals surface area contributed by atoms with Gasteiger partial charge in [-0.05, 0) is 36.2 Å². The number of benzene rings is 1. The van der Waals surface area contributed by atoms with E-state index in [4.69, 9.17) is 11.6 Å². The van der Waals surface area contributed by atoms with Gasteiger partial charge < -0.3 is 0 Å². The molecule has 2 rings (SSSR count). The average molecular weight is 330 g/mol. The lowest BCUT2D eigenvalue weighted by atomic mass is 10.1. The van der Waals surface area contributed by atoms with Gasteiger partial charge in [0.05, 0.1) is 11.6 Å². The number of anilines is 1. The third-order valence-corrected chi connectivity index (χ3v) is 6.88. The summed E-state index contributed by atoms with van der Waals surface area (Å²) < 4.78 is 26.6. The van der Waals surface area contributed by atoms with Gasteiger partial charge in [-0.1, -0.05) is 19.1 Å². The Morgan fingerprint density at radius 3 is 2.30 bits per heavy atom. The molecule has 20 heavy (non-hydrogen) atoms. The predicted molar refractivity (Wildman–Crippen MR) is 85.3 cm³/mol. The van der Waals surface area contributed by atoms with E-state index in [-0.39, 0.29) is 0 Å². The summed E-state index contributed by atoms with van der Waals surface area (Å²) in [5.41, 5.74) is 1.84. The zero-order chi connectivity index (χ0) is 14.8. The summed E-state index contributed by atoms with van der Waals surface area (Å²) >= 11 is 6.93. The Morgan fingerprint density at radius 1 is 1.15 bits per heavy atom. The summed E-state index contributed by atoms with van der Waals surface area (Å²) in [5.74, 6) is 0.328. The highest BCUT2D eigenvalue weighted by Crippen LogP contribution is 2.28. The van der Waals surface area contributed by atoms with Crippen LogP contribution in [0.4, 0.5) is 5.69 Å². The molecule has 0 bridgehead atoms. The Kier molecular flexibility index (Phi) is 4.73. The van der Waals surface area contributed by atoms with Crippen molar-refractivity contribution < 1.29 is 8.42 Å². The van der Waals surface area contributed by atoms with Gasteiger partial charge in [-0.3, -0.25) is 4.31 Å². The summed E-state index contributed by atoms with van der Waals surface area (Å²) in [6.07, 6.45) is 0.931. The van der Waals surface area contributed by atoms with Crippen molar-refractivity contribution in [3.05, 3.63) is 46.8 Å². The summed E-state index contributed by atoms with van der Waals surface area (Å²) in [6, 6.07) is 10.9. The summed E-state index contributed by atoms with van der Waals surface area (Å²) in [5, 5.41) is 0. The second-order valence-corrected chi connectivity index (χ2v) is 7.98. The Labute approximate surface area is 128 Å². The maximum Gasteiger partial charge on any atom is 0.273 e. The van der Waals surface area contributed by atoms with Crippen LogP contribution in [0.3, 0.4) is 0 Å². The smallest absolute Gasteiger partial charge is 0.269 e. The number of rotatable bonds is 5. The van der Waals surface area contributed by atoms with Gasteiger partial charge in [0, 0.05) is 11.9 Å². The molecule has 0 N–H and O–H groups in total. The van der Waals surface area contributed by atoms with Crippen LogP contribution in [0.15, 0.2) is 40.6 Å². The molecule has 6 heteroatoms. The van der Waals surface area contributed by atoms with Crippen molar-refractivity contribution in [1.82, 2.24) is 0 Å². The van der Waals surface area contributed by atoms with Gasteiger partial charge in [-0.2, -0.15) is 0 Å². The molecule has 0 aliphatic heterocycles. The molecule has 3 nitrogen and oxygen atoms in total. The lowest BCUT2D eigenvalue weighted by Crippen LogP contribution is -2.25. The Balaban J connectivity index is 2.32. The van der Waals surface area contributed by atoms with Gasteiger partial charge in [-0.25, -0.2) is 8.42 Å². The minimum Gasteiger partial charge on any atom is -0.269 e. The van der Waals surface area contributed by atoms with E-state index in [0.29, 0.717) is 15.8 Å². The van der Waals surface area contributed by atoms with Crippen LogP contribution in [0, 0.1) is 0 Å². The van der Waals surface area contributed by atoms with Crippen molar-refractivity contribution in [2.75, 3.05) is 11.4 Å². The monoisotopic (exact) mass is 329 g/mol. The van der Waals surface area contributed by atoms with Crippen molar-refractivity contribution in [2.45, 2.75) is 23.4 Å². The molecule has 0 aliphatic carbocycles. The van der Waals surface area contributed by atoms with E-state index >= 15 is 0 Å². The number of aryl methyl sites for hydroxylation is 1. The van der Waals surface area contributed by atoms with E-state index in [0.717, 1.165) is 11.3 Å². The fourth-order valence-corrected chi connectivity index (χ4v) is 4.61. The molecule has 1 heterocycles. The Hall–Kier alpha value is -1.04. The Morgan fingerprint density at radius 2 is 1.80 bits per heavy atom. The number of hydrogen-bond acceptors (Lipinski definition) is 3. The van der Waals surface area contributed by atoms with Crippen LogP contribution >= 0.6 is 22.9 Å². The Bertz CT molecular complexity index is 677. The minimum absolute atomic E-state index is 0.315. The molecule has 0 radical (unpaired) electrons. The van der Waals surface area contributed by atoms with Crippen LogP contribution in [-0.4, -0.2) is 15.5 Å². The quantitative estimate of drug-likeness (QED) is 0.781. The number of nitrogens with zero attached hydrogens (tertiary/aromatic N) is 1. The maximum absolute atomic E-state index is 12.5. The number of halogens is 1. The lowest BCUT2D eigenvalue weighted by molar-refractivity contribution is 0.596. The highest BCUT2D eigenvalue weighted by molar-refractivity contribution is 7.94. The highest BCUT2D eigenvalue weighted by atomic mass is 35.5. The van der Waals surface area contributed by atoms with Gasteiger partial charge in [0.1, 0.15) is 4.21 Å². The molecule has 0 saturated heterocycles. The second kappa shape index (κ2) is 6.16. The molecule has 0 amide bonds. The van der Waals surface area contributed by atoms with Crippen molar-refractivity contribution in [3.8, 4) is 0 Å². The first-order valence-electron chi connectivity index (χ1n) is 6.21. The second-order valence-electron chi connectivity index (χ2n) is 4.35. The number of alkyl halides is 1. The van der Waals surface area contributed by atoms with Crippen LogP contribution in [0.25, 0.3) is 0 Å². The van der Waals surface area contributed by atoms with Crippen LogP contribution in [-0.2, 0) is 22.3 Å². The topological polar surface area (TPSA) is 37.4 Å². The zero-order valence-corrected chi connectivity index (χ0v) is 13.7. The SMILES string of the molecule is CCc1ccc(N(C)S(=O)(=O)c2ccc(CCl)s2)cc1. The van der Waals surface area contributed by atoms with Gasteiger partial charge in [0.15, 0.2) is 0 Å².